The third-order valence-electron chi connectivity index (χ3n) is 5.72. The van der Waals surface area contributed by atoms with Gasteiger partial charge in [0.15, 0.2) is 0 Å². The fourth-order valence-electron chi connectivity index (χ4n) is 4.09. The number of anilines is 3. The molecule has 0 saturated carbocycles. The van der Waals surface area contributed by atoms with Crippen LogP contribution in [0.4, 0.5) is 17.2 Å². The van der Waals surface area contributed by atoms with Crippen LogP contribution in [-0.2, 0) is 0 Å². The van der Waals surface area contributed by atoms with Crippen molar-refractivity contribution in [1.29, 1.82) is 5.26 Å². The number of fused-ring (bicyclic) bond motifs is 1. The van der Waals surface area contributed by atoms with Crippen molar-refractivity contribution in [1.82, 2.24) is 9.88 Å². The first-order valence-corrected chi connectivity index (χ1v) is 11.4. The van der Waals surface area contributed by atoms with E-state index in [4.69, 9.17) is 27.5 Å². The molecule has 166 valence electrons. The molecule has 1 aliphatic rings. The molecule has 3 aromatic heterocycles. The summed E-state index contributed by atoms with van der Waals surface area (Å²) < 4.78 is 5.53. The van der Waals surface area contributed by atoms with Gasteiger partial charge in [0, 0.05) is 42.3 Å². The van der Waals surface area contributed by atoms with Gasteiger partial charge in [0.25, 0.3) is 5.91 Å². The number of aromatic nitrogens is 1. The van der Waals surface area contributed by atoms with E-state index in [2.05, 4.69) is 16.0 Å². The lowest BCUT2D eigenvalue weighted by Crippen LogP contribution is -2.48. The van der Waals surface area contributed by atoms with E-state index in [9.17, 15) is 10.1 Å². The summed E-state index contributed by atoms with van der Waals surface area (Å²) in [6.07, 6.45) is 1.51. The summed E-state index contributed by atoms with van der Waals surface area (Å²) >= 11 is 7.30. The SMILES string of the molecule is N#Cc1c(N)nc2sc(C(=O)N3CCN(c4cccc(Cl)c4)CC3)c(N)c2c1-c1ccco1. The molecule has 4 N–H and O–H groups in total. The Morgan fingerprint density at radius 2 is 1.97 bits per heavy atom. The molecule has 10 heteroatoms. The van der Waals surface area contributed by atoms with E-state index in [-0.39, 0.29) is 23.0 Å². The van der Waals surface area contributed by atoms with Crippen molar-refractivity contribution in [3.8, 4) is 17.4 Å². The Bertz CT molecular complexity index is 1400. The quantitative estimate of drug-likeness (QED) is 0.451. The monoisotopic (exact) mass is 478 g/mol. The molecule has 0 aliphatic carbocycles. The number of thiophene rings is 1. The van der Waals surface area contributed by atoms with Crippen LogP contribution in [0.1, 0.15) is 15.2 Å². The molecular weight excluding hydrogens is 460 g/mol. The van der Waals surface area contributed by atoms with Gasteiger partial charge in [0.2, 0.25) is 0 Å². The molecule has 0 radical (unpaired) electrons. The van der Waals surface area contributed by atoms with Crippen molar-refractivity contribution < 1.29 is 9.21 Å². The second kappa shape index (κ2) is 8.31. The Morgan fingerprint density at radius 1 is 1.18 bits per heavy atom. The van der Waals surface area contributed by atoms with Crippen molar-refractivity contribution >= 4 is 56.3 Å². The molecular formula is C23H19ClN6O2S. The van der Waals surface area contributed by atoms with Gasteiger partial charge >= 0.3 is 0 Å². The van der Waals surface area contributed by atoms with Gasteiger partial charge < -0.3 is 25.7 Å². The summed E-state index contributed by atoms with van der Waals surface area (Å²) in [6, 6.07) is 13.2. The highest BCUT2D eigenvalue weighted by Gasteiger charge is 2.29. The topological polar surface area (TPSA) is 125 Å². The number of nitrogens with two attached hydrogens (primary N) is 2. The van der Waals surface area contributed by atoms with E-state index in [1.807, 2.05) is 24.3 Å². The minimum absolute atomic E-state index is 0.0757. The zero-order valence-electron chi connectivity index (χ0n) is 17.4. The molecule has 1 amide bonds. The molecule has 1 aromatic carbocycles. The van der Waals surface area contributed by atoms with Gasteiger partial charge in [0.1, 0.15) is 32.9 Å². The maximum atomic E-state index is 13.4. The number of furan rings is 1. The number of hydrogen-bond donors (Lipinski definition) is 2. The summed E-state index contributed by atoms with van der Waals surface area (Å²) in [6.45, 7) is 2.45. The van der Waals surface area contributed by atoms with Crippen molar-refractivity contribution in [2.45, 2.75) is 0 Å². The average Bonchev–Trinajstić information content (AvgIpc) is 3.46. The molecule has 5 rings (SSSR count). The molecule has 8 nitrogen and oxygen atoms in total. The Labute approximate surface area is 198 Å². The van der Waals surface area contributed by atoms with Gasteiger partial charge in [-0.25, -0.2) is 4.98 Å². The number of pyridine rings is 1. The lowest BCUT2D eigenvalue weighted by atomic mass is 10.0. The predicted molar refractivity (Wildman–Crippen MR) is 130 cm³/mol. The van der Waals surface area contributed by atoms with Crippen LogP contribution in [-0.4, -0.2) is 42.0 Å². The lowest BCUT2D eigenvalue weighted by molar-refractivity contribution is 0.0752. The Kier molecular flexibility index (Phi) is 5.32. The van der Waals surface area contributed by atoms with Crippen LogP contribution in [0, 0.1) is 11.3 Å². The van der Waals surface area contributed by atoms with Gasteiger partial charge in [-0.1, -0.05) is 17.7 Å². The summed E-state index contributed by atoms with van der Waals surface area (Å²) in [5, 5.41) is 10.9. The number of nitrogen functional groups attached to an aromatic ring is 2. The number of rotatable bonds is 3. The van der Waals surface area contributed by atoms with Gasteiger partial charge in [-0.15, -0.1) is 11.3 Å². The summed E-state index contributed by atoms with van der Waals surface area (Å²) in [5.74, 6) is 0.361. The Morgan fingerprint density at radius 3 is 2.64 bits per heavy atom. The number of carbonyl (C=O) groups excluding carboxylic acids is 1. The second-order valence-corrected chi connectivity index (χ2v) is 9.06. The molecule has 4 aromatic rings. The highest BCUT2D eigenvalue weighted by atomic mass is 35.5. The number of halogens is 1. The molecule has 1 aliphatic heterocycles. The number of nitrogens with zero attached hydrogens (tertiary/aromatic N) is 4. The van der Waals surface area contributed by atoms with Crippen LogP contribution in [0.2, 0.25) is 5.02 Å². The number of benzene rings is 1. The first kappa shape index (κ1) is 21.1. The number of piperazine rings is 1. The molecule has 1 fully saturated rings. The molecule has 0 unspecified atom stereocenters. The molecule has 0 atom stereocenters. The Balaban J connectivity index is 1.47. The molecule has 0 bridgehead atoms. The number of amides is 1. The highest BCUT2D eigenvalue weighted by Crippen LogP contribution is 2.43. The summed E-state index contributed by atoms with van der Waals surface area (Å²) in [5.41, 5.74) is 14.5. The minimum atomic E-state index is -0.163. The molecule has 1 saturated heterocycles. The van der Waals surface area contributed by atoms with Crippen LogP contribution < -0.4 is 16.4 Å². The zero-order chi connectivity index (χ0) is 23.1. The van der Waals surface area contributed by atoms with E-state index in [0.717, 1.165) is 5.69 Å². The second-order valence-electron chi connectivity index (χ2n) is 7.62. The largest absolute Gasteiger partial charge is 0.464 e. The minimum Gasteiger partial charge on any atom is -0.464 e. The fourth-order valence-corrected chi connectivity index (χ4v) is 5.36. The molecule has 33 heavy (non-hydrogen) atoms. The third-order valence-corrected chi connectivity index (χ3v) is 7.04. The molecule has 4 heterocycles. The van der Waals surface area contributed by atoms with Crippen molar-refractivity contribution in [3.63, 3.8) is 0 Å². The number of nitriles is 1. The van der Waals surface area contributed by atoms with Gasteiger partial charge in [-0.05, 0) is 30.3 Å². The van der Waals surface area contributed by atoms with Crippen LogP contribution in [0.25, 0.3) is 21.5 Å². The lowest BCUT2D eigenvalue weighted by Gasteiger charge is -2.36. The number of carbonyl (C=O) groups is 1. The first-order chi connectivity index (χ1) is 16.0. The normalized spacial score (nSPS) is 13.9. The Hall–Kier alpha value is -3.74. The van der Waals surface area contributed by atoms with Crippen molar-refractivity contribution in [2.75, 3.05) is 42.5 Å². The molecule has 0 spiro atoms. The van der Waals surface area contributed by atoms with Crippen LogP contribution in [0.5, 0.6) is 0 Å². The van der Waals surface area contributed by atoms with Crippen LogP contribution in [0.15, 0.2) is 47.1 Å². The van der Waals surface area contributed by atoms with Crippen molar-refractivity contribution in [3.05, 3.63) is 58.1 Å². The van der Waals surface area contributed by atoms with Crippen molar-refractivity contribution in [2.24, 2.45) is 0 Å². The van der Waals surface area contributed by atoms with E-state index < -0.39 is 0 Å². The van der Waals surface area contributed by atoms with E-state index >= 15 is 0 Å². The van der Waals surface area contributed by atoms with Crippen LogP contribution in [0.3, 0.4) is 0 Å². The fraction of sp³-hybridized carbons (Fsp3) is 0.174. The summed E-state index contributed by atoms with van der Waals surface area (Å²) in [4.78, 5) is 22.6. The summed E-state index contributed by atoms with van der Waals surface area (Å²) in [7, 11) is 0. The van der Waals surface area contributed by atoms with Gasteiger partial charge in [0.05, 0.1) is 17.5 Å². The maximum Gasteiger partial charge on any atom is 0.266 e. The highest BCUT2D eigenvalue weighted by molar-refractivity contribution is 7.21. The van der Waals surface area contributed by atoms with E-state index in [1.165, 1.54) is 17.6 Å². The standard InChI is InChI=1S/C23H19ClN6O2S/c24-13-3-1-4-14(11-13)29-6-8-30(9-7-29)23(31)20-19(26)18-17(16-5-2-10-32-16)15(12-25)21(27)28-22(18)33-20/h1-5,10-11H,6-9,26H2,(H2,27,28). The van der Waals surface area contributed by atoms with E-state index in [0.29, 0.717) is 57.6 Å². The smallest absolute Gasteiger partial charge is 0.266 e. The third kappa shape index (κ3) is 3.63. The number of hydrogen-bond acceptors (Lipinski definition) is 8. The van der Waals surface area contributed by atoms with E-state index in [1.54, 1.807) is 17.0 Å². The maximum absolute atomic E-state index is 13.4. The zero-order valence-corrected chi connectivity index (χ0v) is 19.0. The first-order valence-electron chi connectivity index (χ1n) is 10.2. The van der Waals surface area contributed by atoms with Gasteiger partial charge in [-0.2, -0.15) is 5.26 Å². The van der Waals surface area contributed by atoms with Crippen LogP contribution >= 0.6 is 22.9 Å². The van der Waals surface area contributed by atoms with Gasteiger partial charge in [-0.3, -0.25) is 4.79 Å². The average molecular weight is 479 g/mol. The predicted octanol–water partition coefficient (Wildman–Crippen LogP) is 4.21.